The molecule has 18 heavy (non-hydrogen) atoms. The number of anilines is 1. The molecule has 3 rings (SSSR count). The van der Waals surface area contributed by atoms with Crippen LogP contribution in [0.5, 0.6) is 0 Å². The highest BCUT2D eigenvalue weighted by Crippen LogP contribution is 2.19. The van der Waals surface area contributed by atoms with Crippen molar-refractivity contribution in [1.29, 1.82) is 0 Å². The zero-order valence-electron chi connectivity index (χ0n) is 9.99. The molecule has 7 nitrogen and oxygen atoms in total. The topological polar surface area (TPSA) is 95.4 Å². The average Bonchev–Trinajstić information content (AvgIpc) is 2.72. The van der Waals surface area contributed by atoms with E-state index in [1.54, 1.807) is 17.8 Å². The fraction of sp³-hybridized carbons (Fsp3) is 0.182. The van der Waals surface area contributed by atoms with Gasteiger partial charge in [0, 0.05) is 11.8 Å². The lowest BCUT2D eigenvalue weighted by molar-refractivity contribution is 0.845. The summed E-state index contributed by atoms with van der Waals surface area (Å²) < 4.78 is 1.63. The van der Waals surface area contributed by atoms with Gasteiger partial charge in [-0.2, -0.15) is 9.78 Å². The van der Waals surface area contributed by atoms with Crippen molar-refractivity contribution in [2.24, 2.45) is 0 Å². The van der Waals surface area contributed by atoms with Crippen LogP contribution in [-0.4, -0.2) is 29.7 Å². The first-order chi connectivity index (χ1) is 8.65. The third kappa shape index (κ3) is 1.56. The molecule has 0 aliphatic rings. The van der Waals surface area contributed by atoms with Gasteiger partial charge in [-0.25, -0.2) is 19.9 Å². The zero-order chi connectivity index (χ0) is 12.7. The van der Waals surface area contributed by atoms with Gasteiger partial charge in [0.05, 0.1) is 11.6 Å². The number of nitrogens with two attached hydrogens (primary N) is 1. The van der Waals surface area contributed by atoms with E-state index in [-0.39, 0.29) is 0 Å². The molecule has 2 N–H and O–H groups in total. The van der Waals surface area contributed by atoms with Crippen LogP contribution in [-0.2, 0) is 0 Å². The van der Waals surface area contributed by atoms with E-state index in [1.807, 2.05) is 13.0 Å². The van der Waals surface area contributed by atoms with Gasteiger partial charge in [-0.05, 0) is 13.8 Å². The standard InChI is InChI=1S/C11H11N7/c1-6-3-9(14-5-13-6)18-11-8(4-15-18)10(12)16-7(2)17-11/h3-5H,1-2H3,(H2,12,16,17). The van der Waals surface area contributed by atoms with E-state index in [2.05, 4.69) is 25.0 Å². The number of aromatic nitrogens is 6. The molecule has 3 aromatic rings. The molecule has 0 radical (unpaired) electrons. The van der Waals surface area contributed by atoms with Crippen LogP contribution in [0.4, 0.5) is 5.82 Å². The van der Waals surface area contributed by atoms with Crippen molar-refractivity contribution in [2.45, 2.75) is 13.8 Å². The largest absolute Gasteiger partial charge is 0.383 e. The van der Waals surface area contributed by atoms with E-state index in [4.69, 9.17) is 5.73 Å². The summed E-state index contributed by atoms with van der Waals surface area (Å²) in [5.41, 5.74) is 7.36. The smallest absolute Gasteiger partial charge is 0.170 e. The fourth-order valence-electron chi connectivity index (χ4n) is 1.77. The Morgan fingerprint density at radius 1 is 1.17 bits per heavy atom. The van der Waals surface area contributed by atoms with Crippen molar-refractivity contribution in [2.75, 3.05) is 5.73 Å². The summed E-state index contributed by atoms with van der Waals surface area (Å²) in [6.45, 7) is 3.68. The van der Waals surface area contributed by atoms with Crippen molar-refractivity contribution in [3.8, 4) is 5.82 Å². The Morgan fingerprint density at radius 3 is 2.78 bits per heavy atom. The number of fused-ring (bicyclic) bond motifs is 1. The van der Waals surface area contributed by atoms with Crippen molar-refractivity contribution in [3.05, 3.63) is 30.1 Å². The summed E-state index contributed by atoms with van der Waals surface area (Å²) in [6, 6.07) is 1.83. The lowest BCUT2D eigenvalue weighted by Crippen LogP contribution is -2.03. The molecule has 0 unspecified atom stereocenters. The van der Waals surface area contributed by atoms with E-state index >= 15 is 0 Å². The molecular formula is C11H11N7. The predicted octanol–water partition coefficient (Wildman–Crippen LogP) is 0.805. The van der Waals surface area contributed by atoms with Gasteiger partial charge in [0.1, 0.15) is 18.0 Å². The summed E-state index contributed by atoms with van der Waals surface area (Å²) in [7, 11) is 0. The summed E-state index contributed by atoms with van der Waals surface area (Å²) in [5.74, 6) is 1.69. The summed E-state index contributed by atoms with van der Waals surface area (Å²) >= 11 is 0. The van der Waals surface area contributed by atoms with Crippen molar-refractivity contribution >= 4 is 16.9 Å². The Kier molecular flexibility index (Phi) is 2.19. The SMILES string of the molecule is Cc1cc(-n2ncc3c(N)nc(C)nc32)ncn1. The maximum absolute atomic E-state index is 5.84. The second kappa shape index (κ2) is 3.73. The highest BCUT2D eigenvalue weighted by atomic mass is 15.3. The van der Waals surface area contributed by atoms with Crippen LogP contribution in [0.15, 0.2) is 18.6 Å². The van der Waals surface area contributed by atoms with Crippen molar-refractivity contribution in [3.63, 3.8) is 0 Å². The van der Waals surface area contributed by atoms with Crippen LogP contribution < -0.4 is 5.73 Å². The molecule has 0 amide bonds. The highest BCUT2D eigenvalue weighted by molar-refractivity contribution is 5.85. The van der Waals surface area contributed by atoms with E-state index in [0.29, 0.717) is 23.1 Å². The highest BCUT2D eigenvalue weighted by Gasteiger charge is 2.11. The molecule has 0 aromatic carbocycles. The fourth-order valence-corrected chi connectivity index (χ4v) is 1.77. The molecule has 7 heteroatoms. The van der Waals surface area contributed by atoms with E-state index in [9.17, 15) is 0 Å². The van der Waals surface area contributed by atoms with Crippen molar-refractivity contribution in [1.82, 2.24) is 29.7 Å². The molecule has 0 saturated carbocycles. The Hall–Kier alpha value is -2.57. The Balaban J connectivity index is 2.30. The predicted molar refractivity (Wildman–Crippen MR) is 66.1 cm³/mol. The minimum absolute atomic E-state index is 0.425. The summed E-state index contributed by atoms with van der Waals surface area (Å²) in [6.07, 6.45) is 3.14. The number of rotatable bonds is 1. The normalized spacial score (nSPS) is 11.0. The Bertz CT molecular complexity index is 731. The van der Waals surface area contributed by atoms with E-state index < -0.39 is 0 Å². The first-order valence-electron chi connectivity index (χ1n) is 5.42. The molecule has 0 saturated heterocycles. The number of nitrogens with zero attached hydrogens (tertiary/aromatic N) is 6. The molecule has 90 valence electrons. The van der Waals surface area contributed by atoms with Crippen LogP contribution in [0.3, 0.4) is 0 Å². The number of aryl methyl sites for hydroxylation is 2. The molecule has 0 bridgehead atoms. The molecular weight excluding hydrogens is 230 g/mol. The lowest BCUT2D eigenvalue weighted by atomic mass is 10.4. The molecule has 3 heterocycles. The third-order valence-corrected chi connectivity index (χ3v) is 2.58. The molecule has 3 aromatic heterocycles. The molecule has 0 aliphatic heterocycles. The maximum Gasteiger partial charge on any atom is 0.170 e. The number of hydrogen-bond donors (Lipinski definition) is 1. The second-order valence-electron chi connectivity index (χ2n) is 3.97. The van der Waals surface area contributed by atoms with Crippen LogP contribution in [0, 0.1) is 13.8 Å². The van der Waals surface area contributed by atoms with Crippen molar-refractivity contribution < 1.29 is 0 Å². The second-order valence-corrected chi connectivity index (χ2v) is 3.97. The van der Waals surface area contributed by atoms with Gasteiger partial charge in [-0.1, -0.05) is 0 Å². The number of hydrogen-bond acceptors (Lipinski definition) is 6. The maximum atomic E-state index is 5.84. The van der Waals surface area contributed by atoms with E-state index in [1.165, 1.54) is 6.33 Å². The van der Waals surface area contributed by atoms with Crippen LogP contribution in [0.25, 0.3) is 16.9 Å². The summed E-state index contributed by atoms with van der Waals surface area (Å²) in [5, 5.41) is 4.97. The third-order valence-electron chi connectivity index (χ3n) is 2.58. The first-order valence-corrected chi connectivity index (χ1v) is 5.42. The Labute approximate surface area is 103 Å². The number of nitrogen functional groups attached to an aromatic ring is 1. The van der Waals surface area contributed by atoms with Crippen LogP contribution in [0.1, 0.15) is 11.5 Å². The Morgan fingerprint density at radius 2 is 2.00 bits per heavy atom. The van der Waals surface area contributed by atoms with E-state index in [0.717, 1.165) is 11.1 Å². The first kappa shape index (κ1) is 10.6. The van der Waals surface area contributed by atoms with Gasteiger partial charge in [0.15, 0.2) is 11.5 Å². The van der Waals surface area contributed by atoms with Gasteiger partial charge in [-0.3, -0.25) is 0 Å². The van der Waals surface area contributed by atoms with Gasteiger partial charge >= 0.3 is 0 Å². The lowest BCUT2D eigenvalue weighted by Gasteiger charge is -2.03. The summed E-state index contributed by atoms with van der Waals surface area (Å²) in [4.78, 5) is 16.7. The van der Waals surface area contributed by atoms with Gasteiger partial charge in [0.25, 0.3) is 0 Å². The minimum atomic E-state index is 0.425. The average molecular weight is 241 g/mol. The van der Waals surface area contributed by atoms with Gasteiger partial charge in [-0.15, -0.1) is 0 Å². The van der Waals surface area contributed by atoms with Crippen LogP contribution >= 0.6 is 0 Å². The minimum Gasteiger partial charge on any atom is -0.383 e. The van der Waals surface area contributed by atoms with Gasteiger partial charge in [0.2, 0.25) is 0 Å². The monoisotopic (exact) mass is 241 g/mol. The van der Waals surface area contributed by atoms with Crippen LogP contribution in [0.2, 0.25) is 0 Å². The van der Waals surface area contributed by atoms with Gasteiger partial charge < -0.3 is 5.73 Å². The molecule has 0 aliphatic carbocycles. The molecule has 0 atom stereocenters. The quantitative estimate of drug-likeness (QED) is 0.677. The zero-order valence-corrected chi connectivity index (χ0v) is 9.99. The molecule has 0 spiro atoms. The molecule has 0 fully saturated rings.